The Balaban J connectivity index is 0.839. The number of carbonyl (C=O) groups excluding carboxylic acids is 4. The Kier molecular flexibility index (Phi) is 14.5. The average molecular weight is 912 g/mol. The van der Waals surface area contributed by atoms with Gasteiger partial charge >= 0.3 is 5.69 Å². The summed E-state index contributed by atoms with van der Waals surface area (Å²) in [6.45, 7) is 7.01. The Labute approximate surface area is 383 Å². The molecule has 5 N–H and O–H groups in total. The van der Waals surface area contributed by atoms with E-state index in [1.54, 1.807) is 27.1 Å². The highest BCUT2D eigenvalue weighted by Crippen LogP contribution is 2.38. The van der Waals surface area contributed by atoms with Gasteiger partial charge in [-0.3, -0.25) is 39.0 Å². The maximum Gasteiger partial charge on any atom is 0.329 e. The molecule has 8 rings (SSSR count). The van der Waals surface area contributed by atoms with Gasteiger partial charge in [0.15, 0.2) is 0 Å². The molecule has 3 atom stereocenters. The van der Waals surface area contributed by atoms with Crippen LogP contribution >= 0.6 is 0 Å². The molecule has 4 fully saturated rings. The van der Waals surface area contributed by atoms with Crippen molar-refractivity contribution in [2.24, 2.45) is 11.8 Å². The molecule has 4 saturated heterocycles. The summed E-state index contributed by atoms with van der Waals surface area (Å²) in [6, 6.07) is 9.99. The number of rotatable bonds is 13. The number of hydrogen-bond acceptors (Lipinski definition) is 10. The number of fused-ring (bicyclic) bond motifs is 2. The standard InChI is InChI=1S/C48H63F2N11O5/c1-30(62)58-23-15-38(37(29-58)46(52)59-17-5-6-32-24-35(33(26-51)27-53-2)36(45(49)50)25-42(32)59)54-34-13-21-57(22-14-34)44(64)16-20-56-18-11-31(12-19-56)28-60-39-7-3-4-8-40(39)61(48(60)66)41-9-10-43(63)55-47(41)65/h3-4,7-8,24-27,31,34,37-38,41,45,51-54H,5-6,9-23,28-29H2,1-2H3,(H,55,63,65)/b33-27+,51-26?,52-46?. The molecule has 0 aliphatic carbocycles. The van der Waals surface area contributed by atoms with Crippen LogP contribution in [0.5, 0.6) is 0 Å². The maximum absolute atomic E-state index is 14.6. The minimum absolute atomic E-state index is 0.0635. The number of nitrogens with zero attached hydrogens (tertiary/aromatic N) is 6. The first kappa shape index (κ1) is 46.8. The quantitative estimate of drug-likeness (QED) is 0.0947. The second-order valence-corrected chi connectivity index (χ2v) is 18.6. The number of piperidine rings is 4. The molecule has 3 unspecified atom stereocenters. The number of amides is 4. The smallest absolute Gasteiger partial charge is 0.329 e. The van der Waals surface area contributed by atoms with E-state index in [2.05, 4.69) is 20.9 Å². The predicted molar refractivity (Wildman–Crippen MR) is 249 cm³/mol. The first-order valence-electron chi connectivity index (χ1n) is 23.6. The number of imidazole rings is 1. The van der Waals surface area contributed by atoms with Crippen LogP contribution in [0.15, 0.2) is 47.4 Å². The SMILES string of the molecule is CN/C=C(\C=N)c1cc2c(cc1C(F)F)N(C(=N)C1CN(C(C)=O)CCC1NC1CCN(C(=O)CCN3CCC(Cn4c(=O)n(C5CCC(=O)NC5=O)c5ccccc54)CC3)CC1)CCC2. The van der Waals surface area contributed by atoms with E-state index >= 15 is 0 Å². The Hall–Kier alpha value is -5.75. The number of anilines is 1. The number of halogens is 2. The summed E-state index contributed by atoms with van der Waals surface area (Å²) in [5, 5.41) is 26.5. The van der Waals surface area contributed by atoms with Gasteiger partial charge in [-0.05, 0) is 106 Å². The first-order valence-corrected chi connectivity index (χ1v) is 23.6. The highest BCUT2D eigenvalue weighted by molar-refractivity contribution is 6.09. The molecule has 1 aromatic heterocycles. The summed E-state index contributed by atoms with van der Waals surface area (Å²) in [6.07, 6.45) is 6.03. The molecule has 0 spiro atoms. The molecule has 16 nitrogen and oxygen atoms in total. The molecule has 0 bridgehead atoms. The second kappa shape index (κ2) is 20.4. The molecule has 5 aliphatic rings. The fourth-order valence-corrected chi connectivity index (χ4v) is 10.9. The van der Waals surface area contributed by atoms with Crippen molar-refractivity contribution in [3.05, 3.63) is 69.8 Å². The molecule has 4 amide bonds. The Morgan fingerprint density at radius 2 is 1.65 bits per heavy atom. The highest BCUT2D eigenvalue weighted by atomic mass is 19.3. The van der Waals surface area contributed by atoms with Crippen LogP contribution in [0, 0.1) is 22.7 Å². The number of allylic oxidation sites excluding steroid dienone is 1. The lowest BCUT2D eigenvalue weighted by molar-refractivity contribution is -0.136. The summed E-state index contributed by atoms with van der Waals surface area (Å²) in [5.74, 6) is -0.510. The Morgan fingerprint density at radius 1 is 0.924 bits per heavy atom. The van der Waals surface area contributed by atoms with Crippen molar-refractivity contribution in [2.45, 2.75) is 102 Å². The summed E-state index contributed by atoms with van der Waals surface area (Å²) >= 11 is 0. The lowest BCUT2D eigenvalue weighted by Gasteiger charge is -2.45. The molecular formula is C48H63F2N11O5. The predicted octanol–water partition coefficient (Wildman–Crippen LogP) is 4.28. The molecule has 6 heterocycles. The largest absolute Gasteiger partial charge is 0.393 e. The zero-order valence-corrected chi connectivity index (χ0v) is 38.0. The number of para-hydroxylation sites is 2. The monoisotopic (exact) mass is 911 g/mol. The minimum Gasteiger partial charge on any atom is -0.393 e. The molecular weight excluding hydrogens is 849 g/mol. The van der Waals surface area contributed by atoms with Crippen LogP contribution in [0.25, 0.3) is 16.6 Å². The third-order valence-electron chi connectivity index (χ3n) is 14.5. The summed E-state index contributed by atoms with van der Waals surface area (Å²) < 4.78 is 32.5. The van der Waals surface area contributed by atoms with Crippen LogP contribution in [0.3, 0.4) is 0 Å². The van der Waals surface area contributed by atoms with Crippen molar-refractivity contribution in [1.82, 2.24) is 39.8 Å². The second-order valence-electron chi connectivity index (χ2n) is 18.6. The van der Waals surface area contributed by atoms with Crippen LogP contribution in [-0.4, -0.2) is 131 Å². The van der Waals surface area contributed by atoms with Crippen molar-refractivity contribution in [2.75, 3.05) is 64.3 Å². The van der Waals surface area contributed by atoms with Crippen molar-refractivity contribution >= 4 is 58.0 Å². The van der Waals surface area contributed by atoms with Gasteiger partial charge in [-0.15, -0.1) is 0 Å². The van der Waals surface area contributed by atoms with E-state index < -0.39 is 18.4 Å². The van der Waals surface area contributed by atoms with Gasteiger partial charge in [0.2, 0.25) is 23.6 Å². The molecule has 0 radical (unpaired) electrons. The van der Waals surface area contributed by atoms with E-state index in [-0.39, 0.29) is 59.3 Å². The van der Waals surface area contributed by atoms with Gasteiger partial charge < -0.3 is 35.6 Å². The number of amidine groups is 1. The van der Waals surface area contributed by atoms with Crippen LogP contribution in [0.1, 0.15) is 93.9 Å². The van der Waals surface area contributed by atoms with E-state index in [0.29, 0.717) is 99.7 Å². The minimum atomic E-state index is -2.78. The number of alkyl halides is 2. The molecule has 18 heteroatoms. The molecule has 2 aromatic carbocycles. The van der Waals surface area contributed by atoms with E-state index in [4.69, 9.17) is 5.41 Å². The number of benzene rings is 2. The lowest BCUT2D eigenvalue weighted by Crippen LogP contribution is -2.59. The molecule has 3 aromatic rings. The van der Waals surface area contributed by atoms with Crippen LogP contribution < -0.4 is 26.5 Å². The van der Waals surface area contributed by atoms with Crippen molar-refractivity contribution in [1.29, 1.82) is 10.8 Å². The molecule has 5 aliphatic heterocycles. The zero-order valence-electron chi connectivity index (χ0n) is 38.0. The highest BCUT2D eigenvalue weighted by Gasteiger charge is 2.39. The summed E-state index contributed by atoms with van der Waals surface area (Å²) in [5.41, 5.74) is 3.13. The number of hydrogen-bond donors (Lipinski definition) is 5. The van der Waals surface area contributed by atoms with Gasteiger partial charge in [0.1, 0.15) is 11.9 Å². The normalized spacial score (nSPS) is 22.7. The zero-order chi connectivity index (χ0) is 46.6. The van der Waals surface area contributed by atoms with Gasteiger partial charge in [0.25, 0.3) is 6.43 Å². The molecule has 0 saturated carbocycles. The van der Waals surface area contributed by atoms with E-state index in [0.717, 1.165) is 62.5 Å². The van der Waals surface area contributed by atoms with Gasteiger partial charge in [0.05, 0.1) is 11.0 Å². The topological polar surface area (TPSA) is 192 Å². The number of nitrogens with one attached hydrogen (secondary N) is 5. The van der Waals surface area contributed by atoms with Crippen LogP contribution in [-0.2, 0) is 32.1 Å². The fourth-order valence-electron chi connectivity index (χ4n) is 10.9. The van der Waals surface area contributed by atoms with E-state index in [1.807, 2.05) is 34.1 Å². The van der Waals surface area contributed by atoms with Gasteiger partial charge in [-0.1, -0.05) is 12.1 Å². The van der Waals surface area contributed by atoms with Crippen LogP contribution in [0.2, 0.25) is 0 Å². The lowest BCUT2D eigenvalue weighted by atomic mass is 9.86. The van der Waals surface area contributed by atoms with Gasteiger partial charge in [-0.2, -0.15) is 0 Å². The number of aromatic nitrogens is 2. The Bertz CT molecular complexity index is 2430. The van der Waals surface area contributed by atoms with Gasteiger partial charge in [-0.25, -0.2) is 13.6 Å². The van der Waals surface area contributed by atoms with Crippen molar-refractivity contribution in [3.63, 3.8) is 0 Å². The summed E-state index contributed by atoms with van der Waals surface area (Å²) in [7, 11) is 1.66. The molecule has 66 heavy (non-hydrogen) atoms. The third kappa shape index (κ3) is 9.85. The van der Waals surface area contributed by atoms with E-state index in [1.165, 1.54) is 19.2 Å². The van der Waals surface area contributed by atoms with Crippen molar-refractivity contribution < 1.29 is 28.0 Å². The Morgan fingerprint density at radius 3 is 2.33 bits per heavy atom. The third-order valence-corrected chi connectivity index (χ3v) is 14.5. The first-order chi connectivity index (χ1) is 31.8. The average Bonchev–Trinajstić information content (AvgIpc) is 3.59. The van der Waals surface area contributed by atoms with Crippen molar-refractivity contribution in [3.8, 4) is 0 Å². The van der Waals surface area contributed by atoms with Crippen LogP contribution in [0.4, 0.5) is 14.5 Å². The number of aryl methyl sites for hydroxylation is 1. The van der Waals surface area contributed by atoms with Gasteiger partial charge in [0, 0.05) is 120 Å². The fraction of sp³-hybridized carbons (Fsp3) is 0.562. The number of likely N-dealkylation sites (tertiary alicyclic amines) is 3. The van der Waals surface area contributed by atoms with E-state index in [9.17, 15) is 38.2 Å². The maximum atomic E-state index is 14.6. The summed E-state index contributed by atoms with van der Waals surface area (Å²) in [4.78, 5) is 72.4. The molecule has 354 valence electrons. The number of imide groups is 1. The number of carbonyl (C=O) groups is 4.